The number of carbonyl (C=O) groups excluding carboxylic acids is 4. The number of carbonyl (C=O) groups is 4. The van der Waals surface area contributed by atoms with Crippen molar-refractivity contribution >= 4 is 23.6 Å². The van der Waals surface area contributed by atoms with Crippen molar-refractivity contribution in [2.45, 2.75) is 27.2 Å². The standard InChI is InChI=1S/C6H10O.C5H5NO2.C5H8O2.C4H8O/c1-4-6(7)5(2)3;1-6-4(7)2-3-5(6)8;1-4(2)5(6)7-3;1-3-4-5-2/h2,4H2,1,3H3;2-3H,1H3;1H2,2-3H3;3H,1,4H2,2H3. The SMILES string of the molecule is C=C(C)C(=O)CC.C=C(C)C(=O)OC.C=CCOC.CN1C(=O)C=CC1=O. The Labute approximate surface area is 162 Å². The lowest BCUT2D eigenvalue weighted by atomic mass is 10.2. The zero-order chi connectivity index (χ0) is 22.0. The van der Waals surface area contributed by atoms with Crippen molar-refractivity contribution in [3.8, 4) is 0 Å². The molecule has 7 nitrogen and oxygen atoms in total. The first-order chi connectivity index (χ1) is 12.5. The molecule has 1 aliphatic heterocycles. The number of hydrogen-bond acceptors (Lipinski definition) is 6. The number of methoxy groups -OCH3 is 2. The van der Waals surface area contributed by atoms with Gasteiger partial charge in [-0.2, -0.15) is 0 Å². The average molecular weight is 381 g/mol. The van der Waals surface area contributed by atoms with E-state index in [9.17, 15) is 19.2 Å². The number of imide groups is 1. The molecule has 1 rings (SSSR count). The molecule has 1 aliphatic rings. The minimum absolute atomic E-state index is 0.153. The number of hydrogen-bond donors (Lipinski definition) is 0. The summed E-state index contributed by atoms with van der Waals surface area (Å²) in [5.74, 6) is -0.676. The summed E-state index contributed by atoms with van der Waals surface area (Å²) in [6.07, 6.45) is 4.79. The number of amides is 2. The van der Waals surface area contributed by atoms with Crippen LogP contribution in [0.4, 0.5) is 0 Å². The van der Waals surface area contributed by atoms with Gasteiger partial charge in [-0.1, -0.05) is 26.2 Å². The predicted octanol–water partition coefficient (Wildman–Crippen LogP) is 2.64. The van der Waals surface area contributed by atoms with E-state index >= 15 is 0 Å². The Morgan fingerprint density at radius 1 is 1.07 bits per heavy atom. The van der Waals surface area contributed by atoms with E-state index in [1.54, 1.807) is 27.0 Å². The van der Waals surface area contributed by atoms with E-state index in [0.717, 1.165) is 4.90 Å². The molecule has 0 fully saturated rings. The van der Waals surface area contributed by atoms with Crippen molar-refractivity contribution in [3.05, 3.63) is 49.1 Å². The van der Waals surface area contributed by atoms with Crippen LogP contribution in [0.3, 0.4) is 0 Å². The molecule has 0 aromatic carbocycles. The number of nitrogens with zero attached hydrogens (tertiary/aromatic N) is 1. The Kier molecular flexibility index (Phi) is 19.3. The van der Waals surface area contributed by atoms with Gasteiger partial charge < -0.3 is 9.47 Å². The van der Waals surface area contributed by atoms with Crippen molar-refractivity contribution in [2.24, 2.45) is 0 Å². The minimum Gasteiger partial charge on any atom is -0.466 e. The van der Waals surface area contributed by atoms with Crippen LogP contribution in [0.2, 0.25) is 0 Å². The predicted molar refractivity (Wildman–Crippen MR) is 106 cm³/mol. The molecule has 0 radical (unpaired) electrons. The van der Waals surface area contributed by atoms with Gasteiger partial charge >= 0.3 is 5.97 Å². The van der Waals surface area contributed by atoms with E-state index in [1.165, 1.54) is 26.3 Å². The van der Waals surface area contributed by atoms with E-state index in [4.69, 9.17) is 0 Å². The summed E-state index contributed by atoms with van der Waals surface area (Å²) >= 11 is 0. The second-order valence-electron chi connectivity index (χ2n) is 5.14. The maximum Gasteiger partial charge on any atom is 0.332 e. The molecule has 0 aromatic rings. The van der Waals surface area contributed by atoms with Crippen LogP contribution in [0, 0.1) is 0 Å². The van der Waals surface area contributed by atoms with Gasteiger partial charge in [0.05, 0.1) is 13.7 Å². The quantitative estimate of drug-likeness (QED) is 0.315. The normalized spacial score (nSPS) is 11.0. The third kappa shape index (κ3) is 17.8. The lowest BCUT2D eigenvalue weighted by molar-refractivity contribution is -0.136. The lowest BCUT2D eigenvalue weighted by Crippen LogP contribution is -2.24. The first-order valence-corrected chi connectivity index (χ1v) is 8.02. The van der Waals surface area contributed by atoms with Crippen LogP contribution in [0.5, 0.6) is 0 Å². The number of ether oxygens (including phenoxy) is 2. The van der Waals surface area contributed by atoms with Crippen molar-refractivity contribution in [3.63, 3.8) is 0 Å². The highest BCUT2D eigenvalue weighted by molar-refractivity contribution is 6.12. The van der Waals surface area contributed by atoms with Crippen LogP contribution in [0.15, 0.2) is 49.1 Å². The van der Waals surface area contributed by atoms with Gasteiger partial charge in [-0.3, -0.25) is 19.3 Å². The molecule has 0 saturated heterocycles. The maximum absolute atomic E-state index is 10.4. The van der Waals surface area contributed by atoms with E-state index in [-0.39, 0.29) is 23.6 Å². The Morgan fingerprint density at radius 3 is 1.56 bits per heavy atom. The average Bonchev–Trinajstić information content (AvgIpc) is 2.93. The first kappa shape index (κ1) is 29.0. The number of allylic oxidation sites excluding steroid dienone is 1. The van der Waals surface area contributed by atoms with Gasteiger partial charge in [0.25, 0.3) is 11.8 Å². The zero-order valence-corrected chi connectivity index (χ0v) is 17.2. The molecule has 0 bridgehead atoms. The summed E-state index contributed by atoms with van der Waals surface area (Å²) in [5, 5.41) is 0. The Hall–Kier alpha value is -2.80. The number of rotatable bonds is 5. The molecule has 0 spiro atoms. The highest BCUT2D eigenvalue weighted by Crippen LogP contribution is 1.97. The van der Waals surface area contributed by atoms with E-state index in [2.05, 4.69) is 29.2 Å². The third-order valence-corrected chi connectivity index (χ3v) is 2.65. The molecule has 1 heterocycles. The molecule has 0 N–H and O–H groups in total. The van der Waals surface area contributed by atoms with Crippen LogP contribution in [0.1, 0.15) is 27.2 Å². The van der Waals surface area contributed by atoms with Gasteiger partial charge in [0.1, 0.15) is 0 Å². The molecule has 0 saturated carbocycles. The molecule has 0 aliphatic carbocycles. The smallest absolute Gasteiger partial charge is 0.332 e. The Morgan fingerprint density at radius 2 is 1.52 bits per heavy atom. The fourth-order valence-corrected chi connectivity index (χ4v) is 1.07. The largest absolute Gasteiger partial charge is 0.466 e. The van der Waals surface area contributed by atoms with Crippen LogP contribution < -0.4 is 0 Å². The van der Waals surface area contributed by atoms with Crippen LogP contribution in [-0.4, -0.2) is 56.3 Å². The monoisotopic (exact) mass is 381 g/mol. The summed E-state index contributed by atoms with van der Waals surface area (Å²) in [6.45, 7) is 16.1. The summed E-state index contributed by atoms with van der Waals surface area (Å²) < 4.78 is 8.85. The van der Waals surface area contributed by atoms with Crippen LogP contribution in [-0.2, 0) is 28.7 Å². The molecular formula is C20H31NO6. The van der Waals surface area contributed by atoms with Gasteiger partial charge in [-0.25, -0.2) is 4.79 Å². The summed E-state index contributed by atoms with van der Waals surface area (Å²) in [6, 6.07) is 0. The fourth-order valence-electron chi connectivity index (χ4n) is 1.07. The van der Waals surface area contributed by atoms with Gasteiger partial charge in [-0.15, -0.1) is 6.58 Å². The minimum atomic E-state index is -0.347. The van der Waals surface area contributed by atoms with Crippen LogP contribution >= 0.6 is 0 Å². The second kappa shape index (κ2) is 18.0. The number of ketones is 1. The highest BCUT2D eigenvalue weighted by Gasteiger charge is 2.17. The number of likely N-dealkylation sites (N-methyl/N-ethyl adjacent to an activating group) is 1. The maximum atomic E-state index is 10.4. The van der Waals surface area contributed by atoms with Crippen molar-refractivity contribution < 1.29 is 28.7 Å². The summed E-state index contributed by atoms with van der Waals surface area (Å²) in [7, 11) is 4.42. The molecule has 152 valence electrons. The first-order valence-electron chi connectivity index (χ1n) is 8.02. The molecule has 0 unspecified atom stereocenters. The summed E-state index contributed by atoms with van der Waals surface area (Å²) in [4.78, 5) is 42.5. The van der Waals surface area contributed by atoms with E-state index < -0.39 is 0 Å². The zero-order valence-electron chi connectivity index (χ0n) is 17.2. The van der Waals surface area contributed by atoms with Crippen LogP contribution in [0.25, 0.3) is 0 Å². The molecule has 2 amide bonds. The number of esters is 1. The second-order valence-corrected chi connectivity index (χ2v) is 5.14. The van der Waals surface area contributed by atoms with Crippen molar-refractivity contribution in [1.82, 2.24) is 4.90 Å². The third-order valence-electron chi connectivity index (χ3n) is 2.65. The van der Waals surface area contributed by atoms with Gasteiger partial charge in [-0.05, 0) is 19.4 Å². The lowest BCUT2D eigenvalue weighted by Gasteiger charge is -2.01. The van der Waals surface area contributed by atoms with Gasteiger partial charge in [0.15, 0.2) is 5.78 Å². The van der Waals surface area contributed by atoms with Crippen molar-refractivity contribution in [1.29, 1.82) is 0 Å². The van der Waals surface area contributed by atoms with Gasteiger partial charge in [0, 0.05) is 38.3 Å². The van der Waals surface area contributed by atoms with Gasteiger partial charge in [0.2, 0.25) is 0 Å². The number of Topliss-reactive ketones (excluding diaryl/α,β-unsaturated/α-hetero) is 1. The van der Waals surface area contributed by atoms with E-state index in [1.807, 2.05) is 6.92 Å². The molecule has 0 aromatic heterocycles. The van der Waals surface area contributed by atoms with E-state index in [0.29, 0.717) is 24.2 Å². The fraction of sp³-hybridized carbons (Fsp3) is 0.400. The topological polar surface area (TPSA) is 90.0 Å². The molecule has 0 atom stereocenters. The molecule has 27 heavy (non-hydrogen) atoms. The Balaban J connectivity index is -0.000000289. The molecular weight excluding hydrogens is 350 g/mol. The highest BCUT2D eigenvalue weighted by atomic mass is 16.5. The Bertz CT molecular complexity index is 531. The summed E-state index contributed by atoms with van der Waals surface area (Å²) in [5.41, 5.74) is 1.09. The molecule has 7 heteroatoms. The van der Waals surface area contributed by atoms with Crippen molar-refractivity contribution in [2.75, 3.05) is 27.9 Å².